The Labute approximate surface area is 114 Å². The van der Waals surface area contributed by atoms with Crippen LogP contribution in [-0.4, -0.2) is 48.6 Å². The van der Waals surface area contributed by atoms with Crippen molar-refractivity contribution < 1.29 is 0 Å². The lowest BCUT2D eigenvalue weighted by molar-refractivity contribution is 0.0736. The third-order valence-electron chi connectivity index (χ3n) is 5.23. The van der Waals surface area contributed by atoms with Gasteiger partial charge in [-0.2, -0.15) is 0 Å². The molecule has 1 heterocycles. The summed E-state index contributed by atoms with van der Waals surface area (Å²) in [5.41, 5.74) is 0. The molecule has 2 fully saturated rings. The topological polar surface area (TPSA) is 6.48 Å². The van der Waals surface area contributed by atoms with E-state index in [1.165, 1.54) is 64.6 Å². The minimum atomic E-state index is 0.858. The number of likely N-dealkylation sites (tertiary alicyclic amines) is 1. The van der Waals surface area contributed by atoms with E-state index >= 15 is 0 Å². The van der Waals surface area contributed by atoms with Gasteiger partial charge in [-0.05, 0) is 77.5 Å². The molecule has 1 saturated carbocycles. The number of hydrogen-bond acceptors (Lipinski definition) is 2. The lowest BCUT2D eigenvalue weighted by Crippen LogP contribution is -2.48. The molecule has 0 unspecified atom stereocenters. The van der Waals surface area contributed by atoms with Gasteiger partial charge in [-0.3, -0.25) is 0 Å². The molecular weight excluding hydrogens is 220 g/mol. The van der Waals surface area contributed by atoms with Crippen LogP contribution in [0.25, 0.3) is 0 Å². The summed E-state index contributed by atoms with van der Waals surface area (Å²) in [5.74, 6) is 0.973. The van der Waals surface area contributed by atoms with E-state index in [0.29, 0.717) is 0 Å². The summed E-state index contributed by atoms with van der Waals surface area (Å²) in [6.45, 7) is 8.66. The highest BCUT2D eigenvalue weighted by atomic mass is 15.2. The van der Waals surface area contributed by atoms with E-state index in [9.17, 15) is 0 Å². The summed E-state index contributed by atoms with van der Waals surface area (Å²) >= 11 is 0. The molecule has 2 rings (SSSR count). The van der Waals surface area contributed by atoms with Gasteiger partial charge in [0.05, 0.1) is 0 Å². The maximum atomic E-state index is 2.73. The summed E-state index contributed by atoms with van der Waals surface area (Å²) < 4.78 is 0. The zero-order valence-electron chi connectivity index (χ0n) is 12.7. The second-order valence-corrected chi connectivity index (χ2v) is 6.65. The van der Waals surface area contributed by atoms with Crippen molar-refractivity contribution in [3.63, 3.8) is 0 Å². The van der Waals surface area contributed by atoms with Crippen molar-refractivity contribution in [1.82, 2.24) is 9.80 Å². The number of rotatable bonds is 4. The fourth-order valence-corrected chi connectivity index (χ4v) is 3.81. The smallest absolute Gasteiger partial charge is 0.0119 e. The average molecular weight is 252 g/mol. The Balaban J connectivity index is 1.75. The fraction of sp³-hybridized carbons (Fsp3) is 1.00. The van der Waals surface area contributed by atoms with Crippen molar-refractivity contribution in [2.24, 2.45) is 5.92 Å². The van der Waals surface area contributed by atoms with Gasteiger partial charge in [0, 0.05) is 12.1 Å². The molecule has 0 aromatic heterocycles. The summed E-state index contributed by atoms with van der Waals surface area (Å²) in [5, 5.41) is 0. The highest BCUT2D eigenvalue weighted by Crippen LogP contribution is 2.29. The summed E-state index contributed by atoms with van der Waals surface area (Å²) in [6.07, 6.45) is 9.86. The molecule has 0 radical (unpaired) electrons. The van der Waals surface area contributed by atoms with Gasteiger partial charge in [0.25, 0.3) is 0 Å². The van der Waals surface area contributed by atoms with Crippen LogP contribution in [0.15, 0.2) is 0 Å². The highest BCUT2D eigenvalue weighted by molar-refractivity contribution is 4.84. The van der Waals surface area contributed by atoms with E-state index in [1.807, 2.05) is 0 Å². The second kappa shape index (κ2) is 6.91. The minimum absolute atomic E-state index is 0.858. The Morgan fingerprint density at radius 2 is 1.50 bits per heavy atom. The molecular formula is C16H32N2. The molecule has 1 saturated heterocycles. The van der Waals surface area contributed by atoms with Gasteiger partial charge in [0.1, 0.15) is 0 Å². The zero-order valence-corrected chi connectivity index (χ0v) is 12.7. The Bertz CT molecular complexity index is 225. The number of hydrogen-bond donors (Lipinski definition) is 0. The van der Waals surface area contributed by atoms with E-state index < -0.39 is 0 Å². The number of nitrogens with zero attached hydrogens (tertiary/aromatic N) is 2. The molecule has 0 N–H and O–H groups in total. The van der Waals surface area contributed by atoms with Gasteiger partial charge in [-0.1, -0.05) is 13.8 Å². The van der Waals surface area contributed by atoms with Crippen molar-refractivity contribution in [2.45, 2.75) is 70.9 Å². The molecule has 0 aromatic rings. The Hall–Kier alpha value is -0.0800. The van der Waals surface area contributed by atoms with Gasteiger partial charge < -0.3 is 9.80 Å². The van der Waals surface area contributed by atoms with Gasteiger partial charge in [0.15, 0.2) is 0 Å². The molecule has 1 aliphatic carbocycles. The molecule has 0 spiro atoms. The number of piperidine rings is 1. The Morgan fingerprint density at radius 1 is 0.944 bits per heavy atom. The quantitative estimate of drug-likeness (QED) is 0.757. The largest absolute Gasteiger partial charge is 0.303 e. The maximum Gasteiger partial charge on any atom is 0.0119 e. The first-order valence-electron chi connectivity index (χ1n) is 8.15. The van der Waals surface area contributed by atoms with Crippen LogP contribution in [0.1, 0.15) is 58.8 Å². The molecule has 0 bridgehead atoms. The summed E-state index contributed by atoms with van der Waals surface area (Å²) in [7, 11) is 2.39. The fourth-order valence-electron chi connectivity index (χ4n) is 3.81. The standard InChI is InChI=1S/C16H32N2/c1-4-11-18-12-9-16(10-13-18)17(3)15-7-5-14(2)6-8-15/h14-16H,4-13H2,1-3H3. The zero-order chi connectivity index (χ0) is 13.0. The predicted molar refractivity (Wildman–Crippen MR) is 78.9 cm³/mol. The van der Waals surface area contributed by atoms with Crippen molar-refractivity contribution in [3.05, 3.63) is 0 Å². The third kappa shape index (κ3) is 3.71. The van der Waals surface area contributed by atoms with Gasteiger partial charge in [-0.25, -0.2) is 0 Å². The van der Waals surface area contributed by atoms with E-state index in [-0.39, 0.29) is 0 Å². The van der Waals surface area contributed by atoms with Gasteiger partial charge >= 0.3 is 0 Å². The minimum Gasteiger partial charge on any atom is -0.303 e. The Kier molecular flexibility index (Phi) is 5.50. The average Bonchev–Trinajstić information content (AvgIpc) is 2.40. The van der Waals surface area contributed by atoms with Crippen molar-refractivity contribution in [2.75, 3.05) is 26.7 Å². The molecule has 2 aliphatic rings. The van der Waals surface area contributed by atoms with Crippen LogP contribution >= 0.6 is 0 Å². The van der Waals surface area contributed by atoms with Crippen LogP contribution in [0.4, 0.5) is 0 Å². The predicted octanol–water partition coefficient (Wildman–Crippen LogP) is 3.37. The van der Waals surface area contributed by atoms with E-state index in [1.54, 1.807) is 0 Å². The lowest BCUT2D eigenvalue weighted by atomic mass is 9.85. The van der Waals surface area contributed by atoms with Gasteiger partial charge in [-0.15, -0.1) is 0 Å². The molecule has 0 amide bonds. The molecule has 2 nitrogen and oxygen atoms in total. The molecule has 18 heavy (non-hydrogen) atoms. The lowest BCUT2D eigenvalue weighted by Gasteiger charge is -2.42. The summed E-state index contributed by atoms with van der Waals surface area (Å²) in [4.78, 5) is 5.38. The van der Waals surface area contributed by atoms with Crippen LogP contribution in [0, 0.1) is 5.92 Å². The van der Waals surface area contributed by atoms with E-state index in [0.717, 1.165) is 18.0 Å². The Morgan fingerprint density at radius 3 is 2.06 bits per heavy atom. The van der Waals surface area contributed by atoms with E-state index in [2.05, 4.69) is 30.7 Å². The van der Waals surface area contributed by atoms with Crippen molar-refractivity contribution in [1.29, 1.82) is 0 Å². The summed E-state index contributed by atoms with van der Waals surface area (Å²) in [6, 6.07) is 1.74. The highest BCUT2D eigenvalue weighted by Gasteiger charge is 2.28. The van der Waals surface area contributed by atoms with Crippen LogP contribution in [0.2, 0.25) is 0 Å². The first-order chi connectivity index (χ1) is 8.70. The molecule has 106 valence electrons. The second-order valence-electron chi connectivity index (χ2n) is 6.65. The molecule has 2 heteroatoms. The first kappa shape index (κ1) is 14.3. The molecule has 0 aromatic carbocycles. The van der Waals surface area contributed by atoms with Crippen molar-refractivity contribution >= 4 is 0 Å². The van der Waals surface area contributed by atoms with Crippen LogP contribution in [0.5, 0.6) is 0 Å². The molecule has 1 aliphatic heterocycles. The maximum absolute atomic E-state index is 2.73. The van der Waals surface area contributed by atoms with Gasteiger partial charge in [0.2, 0.25) is 0 Å². The van der Waals surface area contributed by atoms with Crippen LogP contribution in [0.3, 0.4) is 0 Å². The van der Waals surface area contributed by atoms with Crippen molar-refractivity contribution in [3.8, 4) is 0 Å². The van der Waals surface area contributed by atoms with Crippen LogP contribution in [-0.2, 0) is 0 Å². The van der Waals surface area contributed by atoms with E-state index in [4.69, 9.17) is 0 Å². The first-order valence-corrected chi connectivity index (χ1v) is 8.15. The SMILES string of the molecule is CCCN1CCC(N(C)C2CCC(C)CC2)CC1. The third-order valence-corrected chi connectivity index (χ3v) is 5.23. The van der Waals surface area contributed by atoms with Crippen LogP contribution < -0.4 is 0 Å². The molecule has 0 atom stereocenters. The normalized spacial score (nSPS) is 32.0. The monoisotopic (exact) mass is 252 g/mol.